The second kappa shape index (κ2) is 8.90. The fraction of sp³-hybridized carbons (Fsp3) is 0.733. The molecule has 0 aliphatic carbocycles. The van der Waals surface area contributed by atoms with Crippen molar-refractivity contribution in [2.24, 2.45) is 0 Å². The molecule has 1 saturated heterocycles. The van der Waals surface area contributed by atoms with Crippen LogP contribution in [0.1, 0.15) is 64.7 Å². The highest BCUT2D eigenvalue weighted by Gasteiger charge is 2.27. The third-order valence-electron chi connectivity index (χ3n) is 3.33. The molecule has 3 nitrogen and oxygen atoms in total. The van der Waals surface area contributed by atoms with Gasteiger partial charge in [0.2, 0.25) is 11.8 Å². The van der Waals surface area contributed by atoms with E-state index in [1.807, 2.05) is 6.08 Å². The number of rotatable bonds is 9. The summed E-state index contributed by atoms with van der Waals surface area (Å²) in [7, 11) is 0. The zero-order chi connectivity index (χ0) is 13.2. The van der Waals surface area contributed by atoms with Gasteiger partial charge >= 0.3 is 0 Å². The highest BCUT2D eigenvalue weighted by Crippen LogP contribution is 2.11. The van der Waals surface area contributed by atoms with Gasteiger partial charge in [-0.3, -0.25) is 14.5 Å². The first-order valence-electron chi connectivity index (χ1n) is 7.24. The van der Waals surface area contributed by atoms with E-state index in [-0.39, 0.29) is 11.8 Å². The van der Waals surface area contributed by atoms with Crippen LogP contribution in [0, 0.1) is 0 Å². The molecule has 18 heavy (non-hydrogen) atoms. The molecule has 0 radical (unpaired) electrons. The van der Waals surface area contributed by atoms with E-state index in [0.29, 0.717) is 19.4 Å². The minimum atomic E-state index is -0.0239. The Morgan fingerprint density at radius 2 is 1.56 bits per heavy atom. The Balaban J connectivity index is 2.00. The molecule has 0 bridgehead atoms. The number of imide groups is 1. The number of hydrogen-bond donors (Lipinski definition) is 0. The van der Waals surface area contributed by atoms with E-state index in [2.05, 4.69) is 13.0 Å². The Labute approximate surface area is 110 Å². The molecular formula is C15H25NO2. The van der Waals surface area contributed by atoms with Gasteiger partial charge in [-0.15, -0.1) is 0 Å². The lowest BCUT2D eigenvalue weighted by molar-refractivity contribution is -0.137. The lowest BCUT2D eigenvalue weighted by atomic mass is 10.1. The Morgan fingerprint density at radius 3 is 2.22 bits per heavy atom. The molecule has 1 aliphatic rings. The first-order chi connectivity index (χ1) is 8.75. The van der Waals surface area contributed by atoms with Gasteiger partial charge < -0.3 is 0 Å². The molecule has 0 saturated carbocycles. The van der Waals surface area contributed by atoms with Crippen LogP contribution in [0.3, 0.4) is 0 Å². The number of hydrogen-bond acceptors (Lipinski definition) is 2. The average molecular weight is 251 g/mol. The molecule has 0 unspecified atom stereocenters. The molecule has 2 amide bonds. The smallest absolute Gasteiger partial charge is 0.229 e. The maximum Gasteiger partial charge on any atom is 0.229 e. The van der Waals surface area contributed by atoms with Gasteiger partial charge in [-0.05, 0) is 12.8 Å². The molecule has 0 spiro atoms. The normalized spacial score (nSPS) is 16.2. The first kappa shape index (κ1) is 14.9. The molecule has 0 aromatic rings. The zero-order valence-electron chi connectivity index (χ0n) is 11.5. The number of likely N-dealkylation sites (tertiary alicyclic amines) is 1. The van der Waals surface area contributed by atoms with Crippen molar-refractivity contribution in [2.75, 3.05) is 6.54 Å². The summed E-state index contributed by atoms with van der Waals surface area (Å²) in [6.07, 6.45) is 13.7. The largest absolute Gasteiger partial charge is 0.279 e. The van der Waals surface area contributed by atoms with Crippen molar-refractivity contribution in [1.29, 1.82) is 0 Å². The van der Waals surface area contributed by atoms with Gasteiger partial charge in [0.1, 0.15) is 0 Å². The van der Waals surface area contributed by atoms with Crippen LogP contribution in [0.25, 0.3) is 0 Å². The van der Waals surface area contributed by atoms with Gasteiger partial charge in [0, 0.05) is 19.4 Å². The van der Waals surface area contributed by atoms with Crippen LogP contribution in [0.5, 0.6) is 0 Å². The molecule has 1 fully saturated rings. The topological polar surface area (TPSA) is 37.4 Å². The number of allylic oxidation sites excluding steroid dienone is 1. The van der Waals surface area contributed by atoms with Crippen molar-refractivity contribution < 1.29 is 9.59 Å². The van der Waals surface area contributed by atoms with Crippen LogP contribution in [0.4, 0.5) is 0 Å². The summed E-state index contributed by atoms with van der Waals surface area (Å²) < 4.78 is 0. The average Bonchev–Trinajstić information content (AvgIpc) is 2.68. The van der Waals surface area contributed by atoms with Crippen molar-refractivity contribution in [2.45, 2.75) is 64.7 Å². The maximum absolute atomic E-state index is 11.3. The number of amides is 2. The molecule has 1 heterocycles. The lowest BCUT2D eigenvalue weighted by Crippen LogP contribution is -2.28. The quantitative estimate of drug-likeness (QED) is 0.357. The third kappa shape index (κ3) is 5.48. The van der Waals surface area contributed by atoms with E-state index in [0.717, 1.165) is 6.42 Å². The summed E-state index contributed by atoms with van der Waals surface area (Å²) in [5, 5.41) is 0. The van der Waals surface area contributed by atoms with E-state index in [1.54, 1.807) is 0 Å². The van der Waals surface area contributed by atoms with E-state index in [1.165, 1.54) is 43.4 Å². The standard InChI is InChI=1S/C15H25NO2/c1-2-3-4-5-6-7-8-9-10-13-16-14(17)11-12-15(16)18/h9-10H,2-8,11-13H2,1H3/b10-9+. The van der Waals surface area contributed by atoms with Gasteiger partial charge in [0.15, 0.2) is 0 Å². The summed E-state index contributed by atoms with van der Waals surface area (Å²) >= 11 is 0. The monoisotopic (exact) mass is 251 g/mol. The summed E-state index contributed by atoms with van der Waals surface area (Å²) in [5.41, 5.74) is 0. The van der Waals surface area contributed by atoms with Crippen molar-refractivity contribution >= 4 is 11.8 Å². The van der Waals surface area contributed by atoms with Gasteiger partial charge in [-0.25, -0.2) is 0 Å². The van der Waals surface area contributed by atoms with Gasteiger partial charge in [-0.2, -0.15) is 0 Å². The van der Waals surface area contributed by atoms with Gasteiger partial charge in [-0.1, -0.05) is 51.2 Å². The van der Waals surface area contributed by atoms with Crippen molar-refractivity contribution in [3.63, 3.8) is 0 Å². The molecule has 102 valence electrons. The lowest BCUT2D eigenvalue weighted by Gasteiger charge is -2.09. The zero-order valence-corrected chi connectivity index (χ0v) is 11.5. The second-order valence-electron chi connectivity index (χ2n) is 4.93. The molecule has 3 heteroatoms. The maximum atomic E-state index is 11.3. The van der Waals surface area contributed by atoms with Crippen LogP contribution < -0.4 is 0 Å². The Bertz CT molecular complexity index is 281. The van der Waals surface area contributed by atoms with Crippen LogP contribution >= 0.6 is 0 Å². The fourth-order valence-electron chi connectivity index (χ4n) is 2.17. The molecule has 0 aromatic heterocycles. The van der Waals surface area contributed by atoms with Crippen molar-refractivity contribution in [1.82, 2.24) is 4.90 Å². The molecular weight excluding hydrogens is 226 g/mol. The van der Waals surface area contributed by atoms with Crippen LogP contribution in [-0.4, -0.2) is 23.3 Å². The Hall–Kier alpha value is -1.12. The molecule has 0 N–H and O–H groups in total. The fourth-order valence-corrected chi connectivity index (χ4v) is 2.17. The number of unbranched alkanes of at least 4 members (excludes halogenated alkanes) is 6. The van der Waals surface area contributed by atoms with Crippen molar-refractivity contribution in [3.05, 3.63) is 12.2 Å². The summed E-state index contributed by atoms with van der Waals surface area (Å²) in [6.45, 7) is 2.69. The van der Waals surface area contributed by atoms with Crippen LogP contribution in [0.2, 0.25) is 0 Å². The van der Waals surface area contributed by atoms with Gasteiger partial charge in [0.25, 0.3) is 0 Å². The minimum Gasteiger partial charge on any atom is -0.279 e. The first-order valence-corrected chi connectivity index (χ1v) is 7.24. The Kier molecular flexibility index (Phi) is 7.38. The van der Waals surface area contributed by atoms with Gasteiger partial charge in [0.05, 0.1) is 0 Å². The second-order valence-corrected chi connectivity index (χ2v) is 4.93. The highest BCUT2D eigenvalue weighted by atomic mass is 16.2. The van der Waals surface area contributed by atoms with E-state index in [9.17, 15) is 9.59 Å². The molecule has 1 rings (SSSR count). The molecule has 0 atom stereocenters. The molecule has 0 aromatic carbocycles. The molecule has 1 aliphatic heterocycles. The third-order valence-corrected chi connectivity index (χ3v) is 3.33. The minimum absolute atomic E-state index is 0.0239. The van der Waals surface area contributed by atoms with E-state index in [4.69, 9.17) is 0 Å². The number of nitrogens with zero attached hydrogens (tertiary/aromatic N) is 1. The summed E-state index contributed by atoms with van der Waals surface area (Å²) in [4.78, 5) is 24.0. The van der Waals surface area contributed by atoms with Crippen molar-refractivity contribution in [3.8, 4) is 0 Å². The van der Waals surface area contributed by atoms with Crippen LogP contribution in [-0.2, 0) is 9.59 Å². The predicted octanol–water partition coefficient (Wildman–Crippen LogP) is 3.44. The number of carbonyl (C=O) groups is 2. The summed E-state index contributed by atoms with van der Waals surface area (Å²) in [6, 6.07) is 0. The summed E-state index contributed by atoms with van der Waals surface area (Å²) in [5.74, 6) is -0.0477. The van der Waals surface area contributed by atoms with E-state index >= 15 is 0 Å². The Morgan fingerprint density at radius 1 is 0.944 bits per heavy atom. The highest BCUT2D eigenvalue weighted by molar-refractivity contribution is 6.02. The SMILES string of the molecule is CCCCCCCC/C=C/CN1C(=O)CCC1=O. The predicted molar refractivity (Wildman–Crippen MR) is 73.1 cm³/mol. The number of carbonyl (C=O) groups excluding carboxylic acids is 2. The van der Waals surface area contributed by atoms with Crippen LogP contribution in [0.15, 0.2) is 12.2 Å². The van der Waals surface area contributed by atoms with E-state index < -0.39 is 0 Å².